The number of nitrogens with one attached hydrogen (secondary N) is 1. The van der Waals surface area contributed by atoms with Gasteiger partial charge in [-0.1, -0.05) is 24.3 Å². The minimum absolute atomic E-state index is 0.0160. The maximum atomic E-state index is 13.6. The summed E-state index contributed by atoms with van der Waals surface area (Å²) in [6.07, 6.45) is 1.54. The fraction of sp³-hybridized carbons (Fsp3) is 0.348. The Bertz CT molecular complexity index is 1020. The molecular formula is C23H23N3O6. The molecule has 9 nitrogen and oxygen atoms in total. The van der Waals surface area contributed by atoms with Crippen molar-refractivity contribution in [2.24, 2.45) is 11.8 Å². The van der Waals surface area contributed by atoms with Gasteiger partial charge in [0.1, 0.15) is 0 Å². The third kappa shape index (κ3) is 3.16. The average Bonchev–Trinajstić information content (AvgIpc) is 3.30. The van der Waals surface area contributed by atoms with E-state index in [2.05, 4.69) is 10.3 Å². The number of fused-ring (bicyclic) bond motifs is 1. The predicted octanol–water partition coefficient (Wildman–Crippen LogP) is 1.40. The number of rotatable bonds is 6. The third-order valence-corrected chi connectivity index (χ3v) is 5.78. The van der Waals surface area contributed by atoms with Gasteiger partial charge in [-0.15, -0.1) is 0 Å². The maximum Gasteiger partial charge on any atom is 0.338 e. The number of para-hydroxylation sites is 1. The Morgan fingerprint density at radius 3 is 2.16 bits per heavy atom. The minimum atomic E-state index is -2.17. The van der Waals surface area contributed by atoms with Crippen molar-refractivity contribution >= 4 is 29.4 Å². The van der Waals surface area contributed by atoms with Crippen LogP contribution in [0.2, 0.25) is 0 Å². The van der Waals surface area contributed by atoms with Crippen LogP contribution in [-0.2, 0) is 28.7 Å². The van der Waals surface area contributed by atoms with Crippen LogP contribution < -0.4 is 10.2 Å². The van der Waals surface area contributed by atoms with Gasteiger partial charge in [0.2, 0.25) is 17.4 Å². The van der Waals surface area contributed by atoms with Crippen LogP contribution in [0.1, 0.15) is 25.6 Å². The van der Waals surface area contributed by atoms with E-state index >= 15 is 0 Å². The van der Waals surface area contributed by atoms with Crippen LogP contribution in [0, 0.1) is 11.8 Å². The lowest BCUT2D eigenvalue weighted by Crippen LogP contribution is -2.62. The molecule has 1 aromatic heterocycles. The second kappa shape index (κ2) is 8.51. The fourth-order valence-electron chi connectivity index (χ4n) is 4.50. The van der Waals surface area contributed by atoms with Crippen LogP contribution in [0.5, 0.6) is 0 Å². The maximum absolute atomic E-state index is 13.6. The first-order chi connectivity index (χ1) is 15.5. The summed E-state index contributed by atoms with van der Waals surface area (Å²) in [5.41, 5.74) is -1.39. The number of amides is 2. The number of esters is 2. The van der Waals surface area contributed by atoms with Crippen molar-refractivity contribution < 1.29 is 28.7 Å². The van der Waals surface area contributed by atoms with Gasteiger partial charge in [0.15, 0.2) is 0 Å². The van der Waals surface area contributed by atoms with Crippen molar-refractivity contribution in [2.75, 3.05) is 18.1 Å². The molecule has 2 aliphatic heterocycles. The Kier molecular flexibility index (Phi) is 5.75. The highest BCUT2D eigenvalue weighted by atomic mass is 16.6. The van der Waals surface area contributed by atoms with Gasteiger partial charge in [-0.05, 0) is 38.1 Å². The zero-order valence-corrected chi connectivity index (χ0v) is 17.7. The number of carbonyl (C=O) groups is 4. The number of imide groups is 1. The van der Waals surface area contributed by atoms with Crippen LogP contribution in [0.25, 0.3) is 0 Å². The van der Waals surface area contributed by atoms with E-state index in [1.165, 1.54) is 6.20 Å². The molecule has 9 heteroatoms. The number of hydrogen-bond acceptors (Lipinski definition) is 8. The molecule has 3 atom stereocenters. The molecule has 2 amide bonds. The summed E-state index contributed by atoms with van der Waals surface area (Å²) in [6.45, 7) is 3.16. The molecule has 2 fully saturated rings. The molecule has 0 bridgehead atoms. The normalized spacial score (nSPS) is 23.7. The molecule has 0 unspecified atom stereocenters. The number of aromatic nitrogens is 1. The topological polar surface area (TPSA) is 115 Å². The van der Waals surface area contributed by atoms with E-state index in [4.69, 9.17) is 9.47 Å². The largest absolute Gasteiger partial charge is 0.464 e. The third-order valence-electron chi connectivity index (χ3n) is 5.78. The van der Waals surface area contributed by atoms with Gasteiger partial charge < -0.3 is 9.47 Å². The van der Waals surface area contributed by atoms with Crippen LogP contribution in [0.3, 0.4) is 0 Å². The molecule has 0 radical (unpaired) electrons. The molecule has 1 N–H and O–H groups in total. The Hall–Kier alpha value is -3.59. The molecule has 0 aliphatic carbocycles. The number of anilines is 1. The molecule has 1 aromatic carbocycles. The Labute approximate surface area is 184 Å². The SMILES string of the molecule is CCOC(=O)C1(C(=O)OCC)N[C@@H](c2ccccn2)[C@H]2C(=O)N(c3ccccc3)C(=O)[C@H]21. The minimum Gasteiger partial charge on any atom is -0.464 e. The molecule has 0 spiro atoms. The quantitative estimate of drug-likeness (QED) is 0.410. The standard InChI is InChI=1S/C23H23N3O6/c1-3-31-21(29)23(22(30)32-4-2)17-16(18(25-23)15-12-8-9-13-24-15)19(27)26(20(17)28)14-10-6-5-7-11-14/h5-13,16-18,25H,3-4H2,1-2H3/t16-,17-,18-/m0/s1. The summed E-state index contributed by atoms with van der Waals surface area (Å²) < 4.78 is 10.4. The van der Waals surface area contributed by atoms with E-state index in [0.29, 0.717) is 11.4 Å². The Balaban J connectivity index is 1.90. The summed E-state index contributed by atoms with van der Waals surface area (Å²) >= 11 is 0. The van der Waals surface area contributed by atoms with E-state index < -0.39 is 47.2 Å². The lowest BCUT2D eigenvalue weighted by molar-refractivity contribution is -0.169. The first-order valence-corrected chi connectivity index (χ1v) is 10.4. The Morgan fingerprint density at radius 1 is 0.969 bits per heavy atom. The van der Waals surface area contributed by atoms with Gasteiger partial charge >= 0.3 is 11.9 Å². The van der Waals surface area contributed by atoms with Crippen molar-refractivity contribution in [3.05, 3.63) is 60.4 Å². The summed E-state index contributed by atoms with van der Waals surface area (Å²) in [4.78, 5) is 59.0. The van der Waals surface area contributed by atoms with Gasteiger partial charge in [0, 0.05) is 6.20 Å². The summed E-state index contributed by atoms with van der Waals surface area (Å²) in [5, 5.41) is 2.94. The van der Waals surface area contributed by atoms with Crippen LogP contribution in [-0.4, -0.2) is 47.5 Å². The van der Waals surface area contributed by atoms with Crippen LogP contribution in [0.4, 0.5) is 5.69 Å². The molecule has 32 heavy (non-hydrogen) atoms. The number of ether oxygens (including phenoxy) is 2. The lowest BCUT2D eigenvalue weighted by Gasteiger charge is -2.30. The van der Waals surface area contributed by atoms with Crippen molar-refractivity contribution in [3.8, 4) is 0 Å². The van der Waals surface area contributed by atoms with E-state index in [-0.39, 0.29) is 13.2 Å². The molecule has 3 heterocycles. The predicted molar refractivity (Wildman–Crippen MR) is 112 cm³/mol. The van der Waals surface area contributed by atoms with Gasteiger partial charge in [-0.2, -0.15) is 0 Å². The van der Waals surface area contributed by atoms with Crippen molar-refractivity contribution in [1.29, 1.82) is 0 Å². The number of hydrogen-bond donors (Lipinski definition) is 1. The smallest absolute Gasteiger partial charge is 0.338 e. The highest BCUT2D eigenvalue weighted by Gasteiger charge is 2.73. The molecule has 4 rings (SSSR count). The number of pyridine rings is 1. The highest BCUT2D eigenvalue weighted by molar-refractivity contribution is 6.27. The van der Waals surface area contributed by atoms with E-state index in [0.717, 1.165) is 4.90 Å². The van der Waals surface area contributed by atoms with E-state index in [1.807, 2.05) is 0 Å². The van der Waals surface area contributed by atoms with Gasteiger partial charge in [0.25, 0.3) is 0 Å². The highest BCUT2D eigenvalue weighted by Crippen LogP contribution is 2.50. The fourth-order valence-corrected chi connectivity index (χ4v) is 4.50. The summed E-state index contributed by atoms with van der Waals surface area (Å²) in [7, 11) is 0. The number of benzene rings is 1. The summed E-state index contributed by atoms with van der Waals surface area (Å²) in [5.74, 6) is -5.50. The molecule has 0 saturated carbocycles. The molecule has 2 aliphatic rings. The van der Waals surface area contributed by atoms with E-state index in [1.54, 1.807) is 62.4 Å². The Morgan fingerprint density at radius 2 is 1.59 bits per heavy atom. The molecule has 166 valence electrons. The molecule has 2 aromatic rings. The summed E-state index contributed by atoms with van der Waals surface area (Å²) in [6, 6.07) is 12.6. The first-order valence-electron chi connectivity index (χ1n) is 10.4. The van der Waals surface area contributed by atoms with Crippen LogP contribution in [0.15, 0.2) is 54.7 Å². The first kappa shape index (κ1) is 21.6. The van der Waals surface area contributed by atoms with Crippen molar-refractivity contribution in [2.45, 2.75) is 25.4 Å². The van der Waals surface area contributed by atoms with E-state index in [9.17, 15) is 19.2 Å². The van der Waals surface area contributed by atoms with Crippen LogP contribution >= 0.6 is 0 Å². The van der Waals surface area contributed by atoms with Gasteiger partial charge in [-0.3, -0.25) is 19.9 Å². The second-order valence-electron chi connectivity index (χ2n) is 7.48. The monoisotopic (exact) mass is 437 g/mol. The zero-order chi connectivity index (χ0) is 22.9. The van der Waals surface area contributed by atoms with Gasteiger partial charge in [0.05, 0.1) is 42.5 Å². The van der Waals surface area contributed by atoms with Crippen molar-refractivity contribution in [1.82, 2.24) is 10.3 Å². The van der Waals surface area contributed by atoms with Gasteiger partial charge in [-0.25, -0.2) is 14.5 Å². The lowest BCUT2D eigenvalue weighted by atomic mass is 9.79. The number of carbonyl (C=O) groups excluding carboxylic acids is 4. The number of nitrogens with zero attached hydrogens (tertiary/aromatic N) is 2. The second-order valence-corrected chi connectivity index (χ2v) is 7.48. The molecule has 2 saturated heterocycles. The molecular weight excluding hydrogens is 414 g/mol. The van der Waals surface area contributed by atoms with Crippen molar-refractivity contribution in [3.63, 3.8) is 0 Å². The zero-order valence-electron chi connectivity index (χ0n) is 17.7. The average molecular weight is 437 g/mol.